The van der Waals surface area contributed by atoms with Crippen molar-refractivity contribution in [1.29, 1.82) is 0 Å². The van der Waals surface area contributed by atoms with Gasteiger partial charge >= 0.3 is 6.18 Å². The molecule has 2 rings (SSSR count). The van der Waals surface area contributed by atoms with Gasteiger partial charge in [-0.15, -0.1) is 0 Å². The number of anilines is 1. The molecule has 0 aromatic heterocycles. The molecule has 0 aliphatic carbocycles. The molecular formula is C17H17F3N4O3S. The molecule has 0 radical (unpaired) electrons. The van der Waals surface area contributed by atoms with E-state index >= 15 is 0 Å². The summed E-state index contributed by atoms with van der Waals surface area (Å²) in [5.74, 6) is 0.747. The second-order valence-electron chi connectivity index (χ2n) is 5.59. The summed E-state index contributed by atoms with van der Waals surface area (Å²) in [5.41, 5.74) is 4.06. The van der Waals surface area contributed by atoms with Crippen LogP contribution in [0.1, 0.15) is 11.1 Å². The molecule has 0 bridgehead atoms. The molecule has 0 aliphatic heterocycles. The fourth-order valence-electron chi connectivity index (χ4n) is 2.25. The summed E-state index contributed by atoms with van der Waals surface area (Å²) in [5, 5.41) is 14.1. The first-order chi connectivity index (χ1) is 13.2. The lowest BCUT2D eigenvalue weighted by molar-refractivity contribution is -0.384. The third kappa shape index (κ3) is 5.98. The van der Waals surface area contributed by atoms with E-state index in [0.717, 1.165) is 23.4 Å². The number of hydrazine groups is 1. The monoisotopic (exact) mass is 414 g/mol. The predicted octanol–water partition coefficient (Wildman–Crippen LogP) is 3.66. The number of halogens is 3. The van der Waals surface area contributed by atoms with Gasteiger partial charge in [0.15, 0.2) is 5.11 Å². The summed E-state index contributed by atoms with van der Waals surface area (Å²) >= 11 is 5.05. The number of benzene rings is 2. The summed E-state index contributed by atoms with van der Waals surface area (Å²) in [7, 11) is 1.58. The van der Waals surface area contributed by atoms with E-state index in [2.05, 4.69) is 16.2 Å². The lowest BCUT2D eigenvalue weighted by Crippen LogP contribution is -2.39. The lowest BCUT2D eigenvalue weighted by atomic mass is 10.1. The Balaban J connectivity index is 1.88. The summed E-state index contributed by atoms with van der Waals surface area (Å²) < 4.78 is 43.2. The molecule has 0 saturated heterocycles. The molecular weight excluding hydrogens is 397 g/mol. The molecule has 11 heteroatoms. The van der Waals surface area contributed by atoms with Crippen LogP contribution < -0.4 is 20.9 Å². The van der Waals surface area contributed by atoms with Crippen molar-refractivity contribution in [3.63, 3.8) is 0 Å². The van der Waals surface area contributed by atoms with E-state index in [0.29, 0.717) is 19.0 Å². The minimum atomic E-state index is -4.67. The number of thiocarbonyl (C=S) groups is 1. The summed E-state index contributed by atoms with van der Waals surface area (Å²) in [4.78, 5) is 10.1. The van der Waals surface area contributed by atoms with E-state index in [1.807, 2.05) is 24.3 Å². The largest absolute Gasteiger partial charge is 0.497 e. The van der Waals surface area contributed by atoms with Gasteiger partial charge in [0.25, 0.3) is 5.69 Å². The number of ether oxygens (including phenoxy) is 1. The second-order valence-corrected chi connectivity index (χ2v) is 6.00. The third-order valence-corrected chi connectivity index (χ3v) is 3.94. The lowest BCUT2D eigenvalue weighted by Gasteiger charge is -2.14. The maximum atomic E-state index is 12.7. The van der Waals surface area contributed by atoms with Crippen LogP contribution in [0.25, 0.3) is 0 Å². The molecule has 0 heterocycles. The second kappa shape index (κ2) is 9.22. The van der Waals surface area contributed by atoms with Gasteiger partial charge in [-0.2, -0.15) is 13.2 Å². The van der Waals surface area contributed by atoms with E-state index in [1.165, 1.54) is 0 Å². The Morgan fingerprint density at radius 2 is 1.89 bits per heavy atom. The number of hydrogen-bond acceptors (Lipinski definition) is 5. The van der Waals surface area contributed by atoms with Gasteiger partial charge in [0.05, 0.1) is 17.6 Å². The van der Waals surface area contributed by atoms with Gasteiger partial charge < -0.3 is 10.1 Å². The number of nitrogens with zero attached hydrogens (tertiary/aromatic N) is 1. The molecule has 28 heavy (non-hydrogen) atoms. The molecule has 3 N–H and O–H groups in total. The molecule has 0 fully saturated rings. The van der Waals surface area contributed by atoms with Crippen LogP contribution in [0.2, 0.25) is 0 Å². The quantitative estimate of drug-likeness (QED) is 0.362. The Bertz CT molecular complexity index is 845. The van der Waals surface area contributed by atoms with Gasteiger partial charge in [-0.05, 0) is 48.5 Å². The van der Waals surface area contributed by atoms with Crippen LogP contribution in [0.15, 0.2) is 42.5 Å². The summed E-state index contributed by atoms with van der Waals surface area (Å²) in [6.07, 6.45) is -4.01. The third-order valence-electron chi connectivity index (χ3n) is 3.69. The van der Waals surface area contributed by atoms with Crippen LogP contribution in [0.4, 0.5) is 24.5 Å². The number of hydrogen-bond donors (Lipinski definition) is 3. The normalized spacial score (nSPS) is 10.9. The van der Waals surface area contributed by atoms with E-state index < -0.39 is 22.4 Å². The number of nitrogens with one attached hydrogen (secondary N) is 3. The zero-order chi connectivity index (χ0) is 20.7. The molecule has 2 aromatic carbocycles. The fraction of sp³-hybridized carbons (Fsp3) is 0.235. The van der Waals surface area contributed by atoms with Crippen LogP contribution >= 0.6 is 12.2 Å². The van der Waals surface area contributed by atoms with Gasteiger partial charge in [-0.25, -0.2) is 0 Å². The molecule has 2 aromatic rings. The Morgan fingerprint density at radius 1 is 1.21 bits per heavy atom. The molecule has 0 amide bonds. The molecule has 0 aliphatic rings. The highest BCUT2D eigenvalue weighted by atomic mass is 32.1. The van der Waals surface area contributed by atoms with Crippen LogP contribution in [0.5, 0.6) is 5.75 Å². The summed E-state index contributed by atoms with van der Waals surface area (Å²) in [6, 6.07) is 9.64. The SMILES string of the molecule is COc1ccc(CCNC(=S)NNc2ccc(C(F)(F)F)cc2[N+](=O)[O-])cc1. The van der Waals surface area contributed by atoms with Crippen LogP contribution in [-0.2, 0) is 12.6 Å². The molecule has 0 unspecified atom stereocenters. The van der Waals surface area contributed by atoms with Crippen LogP contribution in [-0.4, -0.2) is 23.7 Å². The average molecular weight is 414 g/mol. The Hall–Kier alpha value is -3.08. The Kier molecular flexibility index (Phi) is 6.99. The minimum Gasteiger partial charge on any atom is -0.497 e. The number of nitro groups is 1. The zero-order valence-electron chi connectivity index (χ0n) is 14.7. The van der Waals surface area contributed by atoms with E-state index in [4.69, 9.17) is 17.0 Å². The molecule has 0 saturated carbocycles. The summed E-state index contributed by atoms with van der Waals surface area (Å²) in [6.45, 7) is 0.481. The number of methoxy groups -OCH3 is 1. The van der Waals surface area contributed by atoms with Crippen molar-refractivity contribution in [2.24, 2.45) is 0 Å². The first kappa shape index (κ1) is 21.2. The molecule has 0 atom stereocenters. The Morgan fingerprint density at radius 3 is 2.46 bits per heavy atom. The highest BCUT2D eigenvalue weighted by molar-refractivity contribution is 7.80. The number of rotatable bonds is 7. The van der Waals surface area contributed by atoms with Crippen molar-refractivity contribution in [1.82, 2.24) is 10.7 Å². The van der Waals surface area contributed by atoms with E-state index in [-0.39, 0.29) is 10.8 Å². The number of alkyl halides is 3. The van der Waals surface area contributed by atoms with Crippen molar-refractivity contribution in [3.05, 3.63) is 63.7 Å². The van der Waals surface area contributed by atoms with Crippen LogP contribution in [0, 0.1) is 10.1 Å². The number of nitro benzene ring substituents is 1. The van der Waals surface area contributed by atoms with E-state index in [9.17, 15) is 23.3 Å². The van der Waals surface area contributed by atoms with Gasteiger partial charge in [-0.1, -0.05) is 12.1 Å². The van der Waals surface area contributed by atoms with Gasteiger partial charge in [-0.3, -0.25) is 21.0 Å². The first-order valence-electron chi connectivity index (χ1n) is 7.99. The van der Waals surface area contributed by atoms with Gasteiger partial charge in [0.1, 0.15) is 11.4 Å². The van der Waals surface area contributed by atoms with Crippen molar-refractivity contribution in [3.8, 4) is 5.75 Å². The highest BCUT2D eigenvalue weighted by Gasteiger charge is 2.33. The molecule has 0 spiro atoms. The van der Waals surface area contributed by atoms with E-state index in [1.54, 1.807) is 7.11 Å². The topological polar surface area (TPSA) is 88.5 Å². The molecule has 150 valence electrons. The van der Waals surface area contributed by atoms with Gasteiger partial charge in [0.2, 0.25) is 0 Å². The standard InChI is InChI=1S/C17H17F3N4O3S/c1-27-13-5-2-11(3-6-13)8-9-21-16(28)23-22-14-7-4-12(17(18,19)20)10-15(14)24(25)26/h2-7,10,22H,8-9H2,1H3,(H2,21,23,28). The zero-order valence-corrected chi connectivity index (χ0v) is 15.5. The van der Waals surface area contributed by atoms with Crippen LogP contribution in [0.3, 0.4) is 0 Å². The predicted molar refractivity (Wildman–Crippen MR) is 102 cm³/mol. The van der Waals surface area contributed by atoms with Crippen molar-refractivity contribution in [2.75, 3.05) is 19.1 Å². The maximum Gasteiger partial charge on any atom is 0.416 e. The van der Waals surface area contributed by atoms with Crippen molar-refractivity contribution >= 4 is 28.7 Å². The van der Waals surface area contributed by atoms with Crippen molar-refractivity contribution < 1.29 is 22.8 Å². The smallest absolute Gasteiger partial charge is 0.416 e. The average Bonchev–Trinajstić information content (AvgIpc) is 2.66. The fourth-order valence-corrected chi connectivity index (χ4v) is 2.40. The molecule has 7 nitrogen and oxygen atoms in total. The first-order valence-corrected chi connectivity index (χ1v) is 8.40. The minimum absolute atomic E-state index is 0.141. The van der Waals surface area contributed by atoms with Gasteiger partial charge in [0, 0.05) is 12.6 Å². The highest BCUT2D eigenvalue weighted by Crippen LogP contribution is 2.34. The van der Waals surface area contributed by atoms with Crippen molar-refractivity contribution in [2.45, 2.75) is 12.6 Å². The Labute approximate surface area is 164 Å². The maximum absolute atomic E-state index is 12.7.